The molecule has 0 aromatic rings. The Morgan fingerprint density at radius 1 is 1.00 bits per heavy atom. The van der Waals surface area contributed by atoms with Gasteiger partial charge in [0.15, 0.2) is 0 Å². The third kappa shape index (κ3) is 4.80. The molecule has 92 valence electrons. The first-order valence-electron chi connectivity index (χ1n) is 6.16. The molecule has 0 rings (SSSR count). The molecule has 0 aliphatic carbocycles. The van der Waals surface area contributed by atoms with Gasteiger partial charge in [0.2, 0.25) is 0 Å². The summed E-state index contributed by atoms with van der Waals surface area (Å²) in [7, 11) is -0.431. The first kappa shape index (κ1) is 15.3. The molecule has 0 fully saturated rings. The fourth-order valence-electron chi connectivity index (χ4n) is 1.76. The lowest BCUT2D eigenvalue weighted by Gasteiger charge is -2.39. The summed E-state index contributed by atoms with van der Waals surface area (Å²) < 4.78 is 8.50. The lowest BCUT2D eigenvalue weighted by Crippen LogP contribution is -2.35. The minimum atomic E-state index is -0.431. The molecule has 0 bridgehead atoms. The second kappa shape index (κ2) is 7.60. The van der Waals surface area contributed by atoms with Crippen molar-refractivity contribution in [2.45, 2.75) is 72.6 Å². The van der Waals surface area contributed by atoms with Crippen LogP contribution >= 0.6 is 8.30 Å². The average Bonchev–Trinajstić information content (AvgIpc) is 2.14. The molecule has 0 aromatic heterocycles. The van der Waals surface area contributed by atoms with Crippen LogP contribution in [0.3, 0.4) is 0 Å². The third-order valence-electron chi connectivity index (χ3n) is 2.52. The Morgan fingerprint density at radius 2 is 1.47 bits per heavy atom. The van der Waals surface area contributed by atoms with Gasteiger partial charge in [-0.1, -0.05) is 13.8 Å². The zero-order valence-corrected chi connectivity index (χ0v) is 12.3. The van der Waals surface area contributed by atoms with Gasteiger partial charge in [0.25, 0.3) is 0 Å². The van der Waals surface area contributed by atoms with Crippen LogP contribution in [0.25, 0.3) is 0 Å². The predicted octanol–water partition coefficient (Wildman–Crippen LogP) is 4.25. The summed E-state index contributed by atoms with van der Waals surface area (Å²) >= 11 is 0. The lowest BCUT2D eigenvalue weighted by molar-refractivity contribution is 0.256. The molecule has 0 amide bonds. The van der Waals surface area contributed by atoms with E-state index in [1.54, 1.807) is 0 Å². The molecule has 0 saturated carbocycles. The Kier molecular flexibility index (Phi) is 7.77. The average molecular weight is 233 g/mol. The first-order chi connectivity index (χ1) is 6.95. The minimum absolute atomic E-state index is 0.431. The molecule has 0 radical (unpaired) electrons. The van der Waals surface area contributed by atoms with Gasteiger partial charge in [0, 0.05) is 24.3 Å². The standard InChI is InChI=1S/C12H28NOP/c1-8-12(7)15(14-9-2)13(10(3)4)11(5)6/h10-12H,8-9H2,1-7H3. The van der Waals surface area contributed by atoms with Crippen molar-refractivity contribution in [2.75, 3.05) is 6.61 Å². The van der Waals surface area contributed by atoms with Crippen LogP contribution < -0.4 is 0 Å². The van der Waals surface area contributed by atoms with E-state index in [-0.39, 0.29) is 0 Å². The smallest absolute Gasteiger partial charge is 0.107 e. The second-order valence-electron chi connectivity index (χ2n) is 4.55. The molecular weight excluding hydrogens is 205 g/mol. The summed E-state index contributed by atoms with van der Waals surface area (Å²) in [6.07, 6.45) is 1.20. The molecule has 0 aliphatic rings. The molecule has 0 aliphatic heterocycles. The minimum Gasteiger partial charge on any atom is -0.344 e. The van der Waals surface area contributed by atoms with Gasteiger partial charge in [-0.15, -0.1) is 0 Å². The molecule has 3 heteroatoms. The highest BCUT2D eigenvalue weighted by atomic mass is 31.2. The third-order valence-corrected chi connectivity index (χ3v) is 5.54. The topological polar surface area (TPSA) is 12.5 Å². The molecule has 2 atom stereocenters. The van der Waals surface area contributed by atoms with E-state index in [1.807, 2.05) is 0 Å². The van der Waals surface area contributed by atoms with E-state index in [2.05, 4.69) is 53.1 Å². The maximum absolute atomic E-state index is 5.97. The van der Waals surface area contributed by atoms with Crippen LogP contribution in [-0.4, -0.2) is 29.0 Å². The normalized spacial score (nSPS) is 16.4. The SMILES string of the molecule is CCOP(C(C)CC)N(C(C)C)C(C)C. The van der Waals surface area contributed by atoms with E-state index in [1.165, 1.54) is 6.42 Å². The monoisotopic (exact) mass is 233 g/mol. The van der Waals surface area contributed by atoms with Crippen molar-refractivity contribution in [3.63, 3.8) is 0 Å². The lowest BCUT2D eigenvalue weighted by atomic mass is 10.3. The van der Waals surface area contributed by atoms with Crippen LogP contribution in [-0.2, 0) is 4.52 Å². The predicted molar refractivity (Wildman–Crippen MR) is 70.4 cm³/mol. The molecule has 15 heavy (non-hydrogen) atoms. The van der Waals surface area contributed by atoms with Gasteiger partial charge in [0.05, 0.1) is 0 Å². The number of hydrogen-bond acceptors (Lipinski definition) is 2. The van der Waals surface area contributed by atoms with Crippen LogP contribution in [0.4, 0.5) is 0 Å². The highest BCUT2D eigenvalue weighted by Gasteiger charge is 2.28. The van der Waals surface area contributed by atoms with Crippen molar-refractivity contribution in [2.24, 2.45) is 0 Å². The van der Waals surface area contributed by atoms with Crippen molar-refractivity contribution in [3.05, 3.63) is 0 Å². The Balaban J connectivity index is 4.66. The van der Waals surface area contributed by atoms with Crippen molar-refractivity contribution in [1.82, 2.24) is 4.67 Å². The van der Waals surface area contributed by atoms with Crippen LogP contribution in [0, 0.1) is 0 Å². The van der Waals surface area contributed by atoms with E-state index in [4.69, 9.17) is 4.52 Å². The summed E-state index contributed by atoms with van der Waals surface area (Å²) in [5.41, 5.74) is 0.657. The van der Waals surface area contributed by atoms with Crippen molar-refractivity contribution >= 4 is 8.30 Å². The fraction of sp³-hybridized carbons (Fsp3) is 1.00. The van der Waals surface area contributed by atoms with Crippen molar-refractivity contribution < 1.29 is 4.52 Å². The Labute approximate surface area is 97.3 Å². The Hall–Kier alpha value is 0.350. The van der Waals surface area contributed by atoms with Crippen LogP contribution in [0.15, 0.2) is 0 Å². The van der Waals surface area contributed by atoms with Gasteiger partial charge >= 0.3 is 0 Å². The summed E-state index contributed by atoms with van der Waals surface area (Å²) in [5, 5.41) is 0. The molecule has 2 unspecified atom stereocenters. The summed E-state index contributed by atoms with van der Waals surface area (Å²) in [6.45, 7) is 16.5. The van der Waals surface area contributed by atoms with Gasteiger partial charge < -0.3 is 4.52 Å². The number of nitrogens with zero attached hydrogens (tertiary/aromatic N) is 1. The fourth-order valence-corrected chi connectivity index (χ4v) is 4.09. The van der Waals surface area contributed by atoms with Crippen LogP contribution in [0.2, 0.25) is 0 Å². The maximum atomic E-state index is 5.97. The Bertz CT molecular complexity index is 154. The molecule has 0 N–H and O–H groups in total. The molecular formula is C12H28NOP. The molecule has 0 saturated heterocycles. The van der Waals surface area contributed by atoms with Gasteiger partial charge in [-0.25, -0.2) is 0 Å². The van der Waals surface area contributed by atoms with Crippen LogP contribution in [0.1, 0.15) is 54.9 Å². The molecule has 2 nitrogen and oxygen atoms in total. The maximum Gasteiger partial charge on any atom is 0.107 e. The quantitative estimate of drug-likeness (QED) is 0.609. The van der Waals surface area contributed by atoms with E-state index in [0.29, 0.717) is 17.7 Å². The van der Waals surface area contributed by atoms with Gasteiger partial charge in [-0.2, -0.15) is 0 Å². The number of hydrogen-bond donors (Lipinski definition) is 0. The van der Waals surface area contributed by atoms with Gasteiger partial charge in [-0.05, 0) is 41.0 Å². The van der Waals surface area contributed by atoms with Crippen LogP contribution in [0.5, 0.6) is 0 Å². The molecule has 0 aromatic carbocycles. The highest BCUT2D eigenvalue weighted by Crippen LogP contribution is 2.49. The zero-order valence-electron chi connectivity index (χ0n) is 11.4. The van der Waals surface area contributed by atoms with E-state index >= 15 is 0 Å². The summed E-state index contributed by atoms with van der Waals surface area (Å²) in [5.74, 6) is 0. The van der Waals surface area contributed by atoms with Gasteiger partial charge in [0.1, 0.15) is 8.30 Å². The van der Waals surface area contributed by atoms with Crippen molar-refractivity contribution in [3.8, 4) is 0 Å². The highest BCUT2D eigenvalue weighted by molar-refractivity contribution is 7.50. The van der Waals surface area contributed by atoms with E-state index in [9.17, 15) is 0 Å². The van der Waals surface area contributed by atoms with E-state index in [0.717, 1.165) is 6.61 Å². The Morgan fingerprint density at radius 3 is 1.73 bits per heavy atom. The summed E-state index contributed by atoms with van der Waals surface area (Å²) in [6, 6.07) is 1.13. The first-order valence-corrected chi connectivity index (χ1v) is 7.44. The van der Waals surface area contributed by atoms with Gasteiger partial charge in [-0.3, -0.25) is 4.67 Å². The largest absolute Gasteiger partial charge is 0.344 e. The molecule has 0 spiro atoms. The molecule has 0 heterocycles. The number of rotatable bonds is 7. The van der Waals surface area contributed by atoms with E-state index < -0.39 is 8.30 Å². The second-order valence-corrected chi connectivity index (χ2v) is 6.75. The van der Waals surface area contributed by atoms with Crippen molar-refractivity contribution in [1.29, 1.82) is 0 Å². The zero-order chi connectivity index (χ0) is 12.0. The summed E-state index contributed by atoms with van der Waals surface area (Å²) in [4.78, 5) is 0.